The number of hydrogen-bond donors (Lipinski definition) is 0. The molecule has 0 unspecified atom stereocenters. The van der Waals surface area contributed by atoms with Crippen LogP contribution in [0.15, 0.2) is 194 Å². The van der Waals surface area contributed by atoms with Crippen molar-refractivity contribution in [2.45, 2.75) is 0 Å². The van der Waals surface area contributed by atoms with Crippen LogP contribution < -0.4 is 0 Å². The van der Waals surface area contributed by atoms with Crippen molar-refractivity contribution >= 4 is 65.4 Å². The molecular weight excluding hydrogens is 685 g/mol. The summed E-state index contributed by atoms with van der Waals surface area (Å²) in [6, 6.07) is 64.3. The molecule has 0 radical (unpaired) electrons. The monoisotopic (exact) mass is 716 g/mol. The molecule has 6 nitrogen and oxygen atoms in total. The van der Waals surface area contributed by atoms with E-state index in [2.05, 4.69) is 207 Å². The SMILES string of the molecule is c1ccc(-c2cc(-n3c4ccccc4c4c5ccn(-c6ccccc6)c5ccc43)nc(-n3c4ccccc4c4c5ccn(-c6ccccc6)c5ccc43)n2)cc1. The Hall–Kier alpha value is -7.70. The van der Waals surface area contributed by atoms with Crippen LogP contribution in [0.5, 0.6) is 0 Å². The summed E-state index contributed by atoms with van der Waals surface area (Å²) in [7, 11) is 0. The maximum absolute atomic E-state index is 5.51. The first-order chi connectivity index (χ1) is 27.8. The molecular formula is C50H32N6. The van der Waals surface area contributed by atoms with E-state index in [1.54, 1.807) is 0 Å². The minimum Gasteiger partial charge on any atom is -0.317 e. The van der Waals surface area contributed by atoms with E-state index in [0.717, 1.165) is 66.9 Å². The molecule has 0 saturated heterocycles. The van der Waals surface area contributed by atoms with Gasteiger partial charge >= 0.3 is 0 Å². The number of hydrogen-bond acceptors (Lipinski definition) is 2. The summed E-state index contributed by atoms with van der Waals surface area (Å²) < 4.78 is 9.09. The first kappa shape index (κ1) is 30.7. The predicted molar refractivity (Wildman–Crippen MR) is 230 cm³/mol. The molecule has 0 aliphatic rings. The van der Waals surface area contributed by atoms with Crippen LogP contribution in [0.4, 0.5) is 0 Å². The van der Waals surface area contributed by atoms with Crippen molar-refractivity contribution in [3.8, 4) is 34.4 Å². The van der Waals surface area contributed by atoms with Gasteiger partial charge in [0.2, 0.25) is 5.95 Å². The maximum atomic E-state index is 5.51. The van der Waals surface area contributed by atoms with Crippen LogP contribution in [0.2, 0.25) is 0 Å². The van der Waals surface area contributed by atoms with Gasteiger partial charge in [-0.25, -0.2) is 4.98 Å². The Balaban J connectivity index is 1.15. The van der Waals surface area contributed by atoms with E-state index in [4.69, 9.17) is 9.97 Å². The van der Waals surface area contributed by atoms with Crippen LogP contribution >= 0.6 is 0 Å². The molecule has 5 aromatic heterocycles. The number of para-hydroxylation sites is 4. The molecule has 0 atom stereocenters. The van der Waals surface area contributed by atoms with Gasteiger partial charge in [0.05, 0.1) is 38.8 Å². The summed E-state index contributed by atoms with van der Waals surface area (Å²) in [5, 5.41) is 7.13. The van der Waals surface area contributed by atoms with E-state index in [9.17, 15) is 0 Å². The van der Waals surface area contributed by atoms with Crippen molar-refractivity contribution in [2.75, 3.05) is 0 Å². The number of rotatable bonds is 5. The summed E-state index contributed by atoms with van der Waals surface area (Å²) in [5.41, 5.74) is 10.8. The number of aromatic nitrogens is 6. The van der Waals surface area contributed by atoms with Gasteiger partial charge in [-0.1, -0.05) is 103 Å². The van der Waals surface area contributed by atoms with E-state index in [1.807, 2.05) is 6.07 Å². The lowest BCUT2D eigenvalue weighted by molar-refractivity contribution is 0.952. The van der Waals surface area contributed by atoms with Crippen molar-refractivity contribution in [3.63, 3.8) is 0 Å². The first-order valence-electron chi connectivity index (χ1n) is 18.9. The molecule has 0 aliphatic heterocycles. The van der Waals surface area contributed by atoms with Gasteiger partial charge in [-0.3, -0.25) is 9.13 Å². The molecule has 12 aromatic rings. The second-order valence-corrected chi connectivity index (χ2v) is 14.3. The summed E-state index contributed by atoms with van der Waals surface area (Å²) in [4.78, 5) is 10.9. The van der Waals surface area contributed by atoms with Crippen molar-refractivity contribution in [3.05, 3.63) is 194 Å². The van der Waals surface area contributed by atoms with Crippen molar-refractivity contribution in [1.29, 1.82) is 0 Å². The van der Waals surface area contributed by atoms with Gasteiger partial charge in [0, 0.05) is 67.7 Å². The van der Waals surface area contributed by atoms with Crippen molar-refractivity contribution in [1.82, 2.24) is 28.2 Å². The lowest BCUT2D eigenvalue weighted by Gasteiger charge is -2.14. The standard InChI is InChI=1S/C50H32N6/c1-4-14-33(15-5-1)40-32-47(55-43-22-12-10-20-36(43)48-38-28-30-53(34-16-6-2-7-17-34)41(38)24-26-45(48)55)52-50(51-40)56-44-23-13-11-21-37(44)49-39-29-31-54(35-18-8-3-9-19-35)42(39)25-27-46(49)56/h1-32H. The summed E-state index contributed by atoms with van der Waals surface area (Å²) in [6.07, 6.45) is 4.35. The van der Waals surface area contributed by atoms with E-state index in [0.29, 0.717) is 5.95 Å². The smallest absolute Gasteiger partial charge is 0.237 e. The summed E-state index contributed by atoms with van der Waals surface area (Å²) in [5.74, 6) is 1.43. The van der Waals surface area contributed by atoms with E-state index in [-0.39, 0.29) is 0 Å². The normalized spacial score (nSPS) is 11.9. The third kappa shape index (κ3) is 4.44. The molecule has 0 spiro atoms. The Morgan fingerprint density at radius 1 is 0.339 bits per heavy atom. The quantitative estimate of drug-likeness (QED) is 0.178. The molecule has 0 bridgehead atoms. The van der Waals surface area contributed by atoms with Crippen LogP contribution in [0.25, 0.3) is 99.8 Å². The average molecular weight is 717 g/mol. The van der Waals surface area contributed by atoms with E-state index in [1.165, 1.54) is 26.9 Å². The zero-order chi connectivity index (χ0) is 36.7. The average Bonchev–Trinajstić information content (AvgIpc) is 4.05. The van der Waals surface area contributed by atoms with Crippen molar-refractivity contribution < 1.29 is 0 Å². The molecule has 0 fully saturated rings. The highest BCUT2D eigenvalue weighted by Gasteiger charge is 2.22. The molecule has 0 aliphatic carbocycles. The fourth-order valence-electron chi connectivity index (χ4n) is 8.85. The molecule has 5 heterocycles. The third-order valence-electron chi connectivity index (χ3n) is 11.3. The molecule has 56 heavy (non-hydrogen) atoms. The van der Waals surface area contributed by atoms with E-state index < -0.39 is 0 Å². The van der Waals surface area contributed by atoms with E-state index >= 15 is 0 Å². The maximum Gasteiger partial charge on any atom is 0.237 e. The van der Waals surface area contributed by atoms with Crippen LogP contribution in [-0.2, 0) is 0 Å². The largest absolute Gasteiger partial charge is 0.317 e. The van der Waals surface area contributed by atoms with Crippen LogP contribution in [0.1, 0.15) is 0 Å². The van der Waals surface area contributed by atoms with Gasteiger partial charge in [0.15, 0.2) is 0 Å². The molecule has 0 amide bonds. The highest BCUT2D eigenvalue weighted by molar-refractivity contribution is 6.22. The highest BCUT2D eigenvalue weighted by Crippen LogP contribution is 2.40. The van der Waals surface area contributed by atoms with Gasteiger partial charge in [-0.2, -0.15) is 4.98 Å². The Morgan fingerprint density at radius 3 is 1.36 bits per heavy atom. The zero-order valence-electron chi connectivity index (χ0n) is 30.2. The fraction of sp³-hybridized carbons (Fsp3) is 0. The number of fused-ring (bicyclic) bond motifs is 10. The summed E-state index contributed by atoms with van der Waals surface area (Å²) in [6.45, 7) is 0. The van der Waals surface area contributed by atoms with Gasteiger partial charge in [-0.15, -0.1) is 0 Å². The second kappa shape index (κ2) is 11.9. The molecule has 6 heteroatoms. The fourth-order valence-corrected chi connectivity index (χ4v) is 8.85. The van der Waals surface area contributed by atoms with Gasteiger partial charge in [0.1, 0.15) is 5.82 Å². The Morgan fingerprint density at radius 2 is 0.786 bits per heavy atom. The van der Waals surface area contributed by atoms with Crippen LogP contribution in [0.3, 0.4) is 0 Å². The molecule has 12 rings (SSSR count). The highest BCUT2D eigenvalue weighted by atomic mass is 15.2. The minimum absolute atomic E-state index is 0.622. The molecule has 7 aromatic carbocycles. The van der Waals surface area contributed by atoms with Crippen molar-refractivity contribution in [2.24, 2.45) is 0 Å². The van der Waals surface area contributed by atoms with Crippen LogP contribution in [0, 0.1) is 0 Å². The predicted octanol–water partition coefficient (Wildman–Crippen LogP) is 12.2. The minimum atomic E-state index is 0.622. The lowest BCUT2D eigenvalue weighted by atomic mass is 10.1. The van der Waals surface area contributed by atoms with Crippen LogP contribution in [-0.4, -0.2) is 28.2 Å². The number of benzene rings is 7. The van der Waals surface area contributed by atoms with Gasteiger partial charge < -0.3 is 9.13 Å². The zero-order valence-corrected chi connectivity index (χ0v) is 30.2. The molecule has 0 saturated carbocycles. The first-order valence-corrected chi connectivity index (χ1v) is 18.9. The molecule has 262 valence electrons. The Kier molecular flexibility index (Phi) is 6.53. The van der Waals surface area contributed by atoms with Gasteiger partial charge in [0.25, 0.3) is 0 Å². The Bertz CT molecular complexity index is 3250. The second-order valence-electron chi connectivity index (χ2n) is 14.3. The van der Waals surface area contributed by atoms with Gasteiger partial charge in [-0.05, 0) is 72.8 Å². The molecule has 0 N–H and O–H groups in total. The number of nitrogens with zero attached hydrogens (tertiary/aromatic N) is 6. The Labute approximate surface area is 321 Å². The topological polar surface area (TPSA) is 45.5 Å². The third-order valence-corrected chi connectivity index (χ3v) is 11.3. The summed E-state index contributed by atoms with van der Waals surface area (Å²) >= 11 is 0. The lowest BCUT2D eigenvalue weighted by Crippen LogP contribution is -2.07.